The number of rotatable bonds is 6. The summed E-state index contributed by atoms with van der Waals surface area (Å²) in [6, 6.07) is 0. The lowest BCUT2D eigenvalue weighted by atomic mass is 10.3. The van der Waals surface area contributed by atoms with E-state index in [1.807, 2.05) is 6.92 Å². The first-order valence-corrected chi connectivity index (χ1v) is 7.40. The Morgan fingerprint density at radius 2 is 1.82 bits per heavy atom. The molecule has 1 aromatic heterocycles. The number of aliphatic hydroxyl groups is 1. The molecule has 4 heteroatoms. The van der Waals surface area contributed by atoms with Gasteiger partial charge in [0, 0.05) is 13.1 Å². The zero-order chi connectivity index (χ0) is 11.8. The monoisotopic (exact) mass is 252 g/mol. The lowest BCUT2D eigenvalue weighted by Crippen LogP contribution is -2.27. The molecule has 3 rings (SSSR count). The summed E-state index contributed by atoms with van der Waals surface area (Å²) in [5.74, 6) is 1.80. The van der Waals surface area contributed by atoms with Gasteiger partial charge in [-0.3, -0.25) is 0 Å². The Bertz CT molecular complexity index is 382. The van der Waals surface area contributed by atoms with Crippen molar-refractivity contribution in [2.24, 2.45) is 11.8 Å². The molecule has 0 amide bonds. The SMILES string of the molecule is Cc1nc(N(CC2CC2)CC2CC2)sc1CO. The number of aliphatic hydroxyl groups excluding tert-OH is 1. The van der Waals surface area contributed by atoms with Crippen molar-refractivity contribution >= 4 is 16.5 Å². The molecule has 17 heavy (non-hydrogen) atoms. The number of anilines is 1. The van der Waals surface area contributed by atoms with Gasteiger partial charge < -0.3 is 10.0 Å². The fourth-order valence-electron chi connectivity index (χ4n) is 2.15. The van der Waals surface area contributed by atoms with E-state index in [1.165, 1.54) is 38.8 Å². The molecule has 0 saturated heterocycles. The largest absolute Gasteiger partial charge is 0.391 e. The van der Waals surface area contributed by atoms with Gasteiger partial charge in [0.25, 0.3) is 0 Å². The van der Waals surface area contributed by atoms with E-state index >= 15 is 0 Å². The van der Waals surface area contributed by atoms with Crippen LogP contribution in [0.25, 0.3) is 0 Å². The Morgan fingerprint density at radius 3 is 2.24 bits per heavy atom. The second kappa shape index (κ2) is 4.58. The van der Waals surface area contributed by atoms with Crippen molar-refractivity contribution in [3.8, 4) is 0 Å². The van der Waals surface area contributed by atoms with Gasteiger partial charge in [0.05, 0.1) is 17.2 Å². The summed E-state index contributed by atoms with van der Waals surface area (Å²) in [6.45, 7) is 4.48. The van der Waals surface area contributed by atoms with Crippen LogP contribution in [-0.2, 0) is 6.61 Å². The quantitative estimate of drug-likeness (QED) is 0.845. The van der Waals surface area contributed by atoms with Gasteiger partial charge in [0.1, 0.15) is 0 Å². The van der Waals surface area contributed by atoms with Crippen LogP contribution in [0.3, 0.4) is 0 Å². The molecule has 2 aliphatic rings. The smallest absolute Gasteiger partial charge is 0.185 e. The number of thiazole rings is 1. The Labute approximate surface area is 106 Å². The molecule has 1 N–H and O–H groups in total. The molecule has 2 saturated carbocycles. The van der Waals surface area contributed by atoms with Gasteiger partial charge >= 0.3 is 0 Å². The standard InChI is InChI=1S/C13H20N2OS/c1-9-12(8-16)17-13(14-9)15(6-10-2-3-10)7-11-4-5-11/h10-11,16H,2-8H2,1H3. The topological polar surface area (TPSA) is 36.4 Å². The van der Waals surface area contributed by atoms with Gasteiger partial charge in [-0.05, 0) is 44.4 Å². The van der Waals surface area contributed by atoms with Crippen molar-refractivity contribution in [3.63, 3.8) is 0 Å². The van der Waals surface area contributed by atoms with Crippen LogP contribution in [0, 0.1) is 18.8 Å². The van der Waals surface area contributed by atoms with Crippen molar-refractivity contribution in [2.75, 3.05) is 18.0 Å². The van der Waals surface area contributed by atoms with E-state index in [0.717, 1.165) is 27.5 Å². The molecule has 0 spiro atoms. The van der Waals surface area contributed by atoms with Gasteiger partial charge in [0.15, 0.2) is 5.13 Å². The van der Waals surface area contributed by atoms with Gasteiger partial charge in [-0.2, -0.15) is 0 Å². The molecule has 1 aromatic rings. The van der Waals surface area contributed by atoms with Gasteiger partial charge in [-0.25, -0.2) is 4.98 Å². The van der Waals surface area contributed by atoms with Crippen molar-refractivity contribution < 1.29 is 5.11 Å². The highest BCUT2D eigenvalue weighted by Crippen LogP contribution is 2.37. The third kappa shape index (κ3) is 2.80. The number of hydrogen-bond donors (Lipinski definition) is 1. The summed E-state index contributed by atoms with van der Waals surface area (Å²) in [7, 11) is 0. The average molecular weight is 252 g/mol. The molecule has 0 bridgehead atoms. The maximum Gasteiger partial charge on any atom is 0.185 e. The van der Waals surface area contributed by atoms with Crippen LogP contribution >= 0.6 is 11.3 Å². The Kier molecular flexibility index (Phi) is 3.09. The van der Waals surface area contributed by atoms with Crippen LogP contribution in [0.1, 0.15) is 36.3 Å². The normalized spacial score (nSPS) is 19.6. The van der Waals surface area contributed by atoms with Gasteiger partial charge in [-0.1, -0.05) is 11.3 Å². The third-order valence-corrected chi connectivity index (χ3v) is 4.85. The van der Waals surface area contributed by atoms with Crippen molar-refractivity contribution in [1.82, 2.24) is 4.98 Å². The second-order valence-corrected chi connectivity index (χ2v) is 6.52. The molecule has 0 aliphatic heterocycles. The summed E-state index contributed by atoms with van der Waals surface area (Å²) in [5, 5.41) is 10.4. The Balaban J connectivity index is 1.74. The molecule has 94 valence electrons. The summed E-state index contributed by atoms with van der Waals surface area (Å²) in [6.07, 6.45) is 5.55. The van der Waals surface area contributed by atoms with Crippen molar-refractivity contribution in [1.29, 1.82) is 0 Å². The zero-order valence-electron chi connectivity index (χ0n) is 10.4. The van der Waals surface area contributed by atoms with Crippen LogP contribution in [0.15, 0.2) is 0 Å². The van der Waals surface area contributed by atoms with Crippen molar-refractivity contribution in [3.05, 3.63) is 10.6 Å². The molecule has 3 nitrogen and oxygen atoms in total. The first-order chi connectivity index (χ1) is 8.26. The highest BCUT2D eigenvalue weighted by atomic mass is 32.1. The maximum absolute atomic E-state index is 9.25. The average Bonchev–Trinajstić information content (AvgIpc) is 3.21. The fourth-order valence-corrected chi connectivity index (χ4v) is 3.09. The lowest BCUT2D eigenvalue weighted by Gasteiger charge is -2.21. The highest BCUT2D eigenvalue weighted by molar-refractivity contribution is 7.15. The van der Waals surface area contributed by atoms with E-state index in [4.69, 9.17) is 0 Å². The van der Waals surface area contributed by atoms with Gasteiger partial charge in [0.2, 0.25) is 0 Å². The van der Waals surface area contributed by atoms with Crippen LogP contribution < -0.4 is 4.90 Å². The first-order valence-electron chi connectivity index (χ1n) is 6.58. The predicted molar refractivity (Wildman–Crippen MR) is 70.4 cm³/mol. The van der Waals surface area contributed by atoms with E-state index in [9.17, 15) is 5.11 Å². The molecule has 0 aromatic carbocycles. The predicted octanol–water partition coefficient (Wildman–Crippen LogP) is 2.57. The fraction of sp³-hybridized carbons (Fsp3) is 0.769. The molecule has 2 aliphatic carbocycles. The number of hydrogen-bond acceptors (Lipinski definition) is 4. The van der Waals surface area contributed by atoms with E-state index < -0.39 is 0 Å². The van der Waals surface area contributed by atoms with Crippen molar-refractivity contribution in [2.45, 2.75) is 39.2 Å². The van der Waals surface area contributed by atoms with Crippen LogP contribution in [0.2, 0.25) is 0 Å². The summed E-state index contributed by atoms with van der Waals surface area (Å²) in [5.41, 5.74) is 1.00. The third-order valence-electron chi connectivity index (χ3n) is 3.65. The summed E-state index contributed by atoms with van der Waals surface area (Å²) < 4.78 is 0. The van der Waals surface area contributed by atoms with E-state index in [2.05, 4.69) is 9.88 Å². The van der Waals surface area contributed by atoms with Crippen LogP contribution in [0.4, 0.5) is 5.13 Å². The van der Waals surface area contributed by atoms with Crippen LogP contribution in [0.5, 0.6) is 0 Å². The Morgan fingerprint density at radius 1 is 1.24 bits per heavy atom. The molecular weight excluding hydrogens is 232 g/mol. The molecule has 0 unspecified atom stereocenters. The molecular formula is C13H20N2OS. The van der Waals surface area contributed by atoms with E-state index in [1.54, 1.807) is 11.3 Å². The Hall–Kier alpha value is -0.610. The number of nitrogens with zero attached hydrogens (tertiary/aromatic N) is 2. The van der Waals surface area contributed by atoms with E-state index in [0.29, 0.717) is 0 Å². The highest BCUT2D eigenvalue weighted by Gasteiger charge is 2.30. The number of aryl methyl sites for hydroxylation is 1. The molecule has 0 atom stereocenters. The minimum atomic E-state index is 0.129. The van der Waals surface area contributed by atoms with Crippen LogP contribution in [-0.4, -0.2) is 23.2 Å². The second-order valence-electron chi connectivity index (χ2n) is 5.45. The molecule has 0 radical (unpaired) electrons. The van der Waals surface area contributed by atoms with Gasteiger partial charge in [-0.15, -0.1) is 0 Å². The minimum Gasteiger partial charge on any atom is -0.391 e. The first kappa shape index (κ1) is 11.5. The number of aromatic nitrogens is 1. The molecule has 1 heterocycles. The maximum atomic E-state index is 9.25. The minimum absolute atomic E-state index is 0.129. The lowest BCUT2D eigenvalue weighted by molar-refractivity contribution is 0.284. The van der Waals surface area contributed by atoms with E-state index in [-0.39, 0.29) is 6.61 Å². The zero-order valence-corrected chi connectivity index (χ0v) is 11.2. The summed E-state index contributed by atoms with van der Waals surface area (Å²) >= 11 is 1.67. The summed E-state index contributed by atoms with van der Waals surface area (Å²) in [4.78, 5) is 8.12. The molecule has 2 fully saturated rings.